The normalized spacial score (nSPS) is 14.6. The van der Waals surface area contributed by atoms with Crippen molar-refractivity contribution in [2.45, 2.75) is 24.2 Å². The van der Waals surface area contributed by atoms with E-state index in [4.69, 9.17) is 4.74 Å². The Hall–Kier alpha value is -0.510. The number of benzene rings is 1. The van der Waals surface area contributed by atoms with Crippen molar-refractivity contribution in [3.63, 3.8) is 0 Å². The van der Waals surface area contributed by atoms with Crippen molar-refractivity contribution >= 4 is 11.8 Å². The number of ether oxygens (including phenoxy) is 1. The maximum absolute atomic E-state index is 5.55. The Morgan fingerprint density at radius 1 is 1.35 bits per heavy atom. The SMILES string of the molecule is CNCCOCCc1ccc2c(c1)CCCS2. The standard InChI is InChI=1S/C14H21NOS/c1-15-7-9-16-8-6-12-4-5-14-13(11-12)3-2-10-17-14/h4-5,11,15H,2-3,6-10H2,1H3. The van der Waals surface area contributed by atoms with Gasteiger partial charge in [0.05, 0.1) is 13.2 Å². The molecule has 0 spiro atoms. The molecule has 3 heteroatoms. The molecule has 1 aromatic rings. The van der Waals surface area contributed by atoms with Crippen LogP contribution >= 0.6 is 11.8 Å². The lowest BCUT2D eigenvalue weighted by Crippen LogP contribution is -2.15. The number of fused-ring (bicyclic) bond motifs is 1. The molecule has 0 atom stereocenters. The maximum Gasteiger partial charge on any atom is 0.0590 e. The van der Waals surface area contributed by atoms with Gasteiger partial charge in [0, 0.05) is 11.4 Å². The number of nitrogens with one attached hydrogen (secondary N) is 1. The van der Waals surface area contributed by atoms with E-state index in [1.807, 2.05) is 18.8 Å². The minimum atomic E-state index is 0.803. The van der Waals surface area contributed by atoms with Crippen molar-refractivity contribution in [2.75, 3.05) is 32.6 Å². The Balaban J connectivity index is 1.81. The summed E-state index contributed by atoms with van der Waals surface area (Å²) in [4.78, 5) is 1.48. The van der Waals surface area contributed by atoms with Crippen molar-refractivity contribution < 1.29 is 4.74 Å². The molecule has 1 N–H and O–H groups in total. The molecule has 0 amide bonds. The topological polar surface area (TPSA) is 21.3 Å². The van der Waals surface area contributed by atoms with Crippen LogP contribution in [0.4, 0.5) is 0 Å². The first-order chi connectivity index (χ1) is 8.40. The average Bonchev–Trinajstić information content (AvgIpc) is 2.38. The molecule has 0 unspecified atom stereocenters. The van der Waals surface area contributed by atoms with Gasteiger partial charge in [-0.3, -0.25) is 0 Å². The lowest BCUT2D eigenvalue weighted by molar-refractivity contribution is 0.140. The van der Waals surface area contributed by atoms with Crippen molar-refractivity contribution in [3.05, 3.63) is 29.3 Å². The summed E-state index contributed by atoms with van der Waals surface area (Å²) < 4.78 is 5.55. The van der Waals surface area contributed by atoms with Gasteiger partial charge in [-0.1, -0.05) is 12.1 Å². The van der Waals surface area contributed by atoms with Gasteiger partial charge in [-0.05, 0) is 49.3 Å². The van der Waals surface area contributed by atoms with Gasteiger partial charge in [-0.25, -0.2) is 0 Å². The predicted octanol–water partition coefficient (Wildman–Crippen LogP) is 2.50. The molecule has 0 radical (unpaired) electrons. The molecule has 0 aromatic heterocycles. The van der Waals surface area contributed by atoms with Crippen LogP contribution in [-0.2, 0) is 17.6 Å². The Labute approximate surface area is 108 Å². The van der Waals surface area contributed by atoms with E-state index in [1.165, 1.54) is 34.6 Å². The third-order valence-electron chi connectivity index (χ3n) is 3.00. The fourth-order valence-corrected chi connectivity index (χ4v) is 3.05. The fraction of sp³-hybridized carbons (Fsp3) is 0.571. The molecular formula is C14H21NOS. The van der Waals surface area contributed by atoms with E-state index in [2.05, 4.69) is 23.5 Å². The van der Waals surface area contributed by atoms with E-state index in [-0.39, 0.29) is 0 Å². The van der Waals surface area contributed by atoms with Crippen molar-refractivity contribution in [1.29, 1.82) is 0 Å². The van der Waals surface area contributed by atoms with Gasteiger partial charge in [-0.2, -0.15) is 0 Å². The van der Waals surface area contributed by atoms with Crippen LogP contribution in [0.3, 0.4) is 0 Å². The van der Waals surface area contributed by atoms with Crippen LogP contribution in [0.15, 0.2) is 23.1 Å². The summed E-state index contributed by atoms with van der Waals surface area (Å²) >= 11 is 1.99. The summed E-state index contributed by atoms with van der Waals surface area (Å²) in [6.07, 6.45) is 3.60. The quantitative estimate of drug-likeness (QED) is 0.785. The third kappa shape index (κ3) is 4.02. The lowest BCUT2D eigenvalue weighted by Gasteiger charge is -2.16. The van der Waals surface area contributed by atoms with Crippen LogP contribution in [0.25, 0.3) is 0 Å². The first kappa shape index (κ1) is 12.9. The average molecular weight is 251 g/mol. The van der Waals surface area contributed by atoms with Gasteiger partial charge in [0.15, 0.2) is 0 Å². The van der Waals surface area contributed by atoms with Crippen LogP contribution in [0.1, 0.15) is 17.5 Å². The van der Waals surface area contributed by atoms with Gasteiger partial charge in [0.1, 0.15) is 0 Å². The maximum atomic E-state index is 5.55. The molecule has 2 nitrogen and oxygen atoms in total. The first-order valence-electron chi connectivity index (χ1n) is 6.37. The van der Waals surface area contributed by atoms with E-state index in [0.717, 1.165) is 26.2 Å². The van der Waals surface area contributed by atoms with Gasteiger partial charge in [-0.15, -0.1) is 11.8 Å². The molecule has 1 aromatic carbocycles. The zero-order valence-electron chi connectivity index (χ0n) is 10.5. The van der Waals surface area contributed by atoms with Gasteiger partial charge < -0.3 is 10.1 Å². The highest BCUT2D eigenvalue weighted by molar-refractivity contribution is 7.99. The molecule has 0 saturated carbocycles. The highest BCUT2D eigenvalue weighted by Gasteiger charge is 2.09. The summed E-state index contributed by atoms with van der Waals surface area (Å²) in [5, 5.41) is 3.08. The minimum absolute atomic E-state index is 0.803. The van der Waals surface area contributed by atoms with Crippen molar-refractivity contribution in [2.24, 2.45) is 0 Å². The highest BCUT2D eigenvalue weighted by atomic mass is 32.2. The van der Waals surface area contributed by atoms with Gasteiger partial charge in [0.2, 0.25) is 0 Å². The minimum Gasteiger partial charge on any atom is -0.380 e. The molecule has 94 valence electrons. The number of thioether (sulfide) groups is 1. The molecular weight excluding hydrogens is 230 g/mol. The third-order valence-corrected chi connectivity index (χ3v) is 4.21. The Morgan fingerprint density at radius 2 is 2.29 bits per heavy atom. The summed E-state index contributed by atoms with van der Waals surface area (Å²) in [5.41, 5.74) is 2.95. The second-order valence-corrected chi connectivity index (χ2v) is 5.50. The van der Waals surface area contributed by atoms with Gasteiger partial charge >= 0.3 is 0 Å². The van der Waals surface area contributed by atoms with Crippen LogP contribution < -0.4 is 5.32 Å². The summed E-state index contributed by atoms with van der Waals surface area (Å²) in [6.45, 7) is 2.56. The van der Waals surface area contributed by atoms with Crippen LogP contribution in [-0.4, -0.2) is 32.6 Å². The summed E-state index contributed by atoms with van der Waals surface area (Å²) in [7, 11) is 1.95. The van der Waals surface area contributed by atoms with E-state index in [1.54, 1.807) is 0 Å². The molecule has 17 heavy (non-hydrogen) atoms. The largest absolute Gasteiger partial charge is 0.380 e. The van der Waals surface area contributed by atoms with Gasteiger partial charge in [0.25, 0.3) is 0 Å². The smallest absolute Gasteiger partial charge is 0.0590 e. The number of aryl methyl sites for hydroxylation is 1. The molecule has 0 bridgehead atoms. The number of hydrogen-bond donors (Lipinski definition) is 1. The van der Waals surface area contributed by atoms with E-state index in [9.17, 15) is 0 Å². The van der Waals surface area contributed by atoms with E-state index >= 15 is 0 Å². The second kappa shape index (κ2) is 7.04. The van der Waals surface area contributed by atoms with E-state index < -0.39 is 0 Å². The number of rotatable bonds is 6. The van der Waals surface area contributed by atoms with Crippen molar-refractivity contribution in [1.82, 2.24) is 5.32 Å². The molecule has 1 aliphatic heterocycles. The van der Waals surface area contributed by atoms with Crippen LogP contribution in [0, 0.1) is 0 Å². The molecule has 0 saturated heterocycles. The first-order valence-corrected chi connectivity index (χ1v) is 7.35. The second-order valence-electron chi connectivity index (χ2n) is 4.36. The molecule has 2 rings (SSSR count). The molecule has 0 aliphatic carbocycles. The monoisotopic (exact) mass is 251 g/mol. The number of likely N-dealkylation sites (N-methyl/N-ethyl adjacent to an activating group) is 1. The molecule has 1 aliphatic rings. The Morgan fingerprint density at radius 3 is 3.18 bits per heavy atom. The lowest BCUT2D eigenvalue weighted by atomic mass is 10.0. The Bertz CT molecular complexity index is 354. The molecule has 1 heterocycles. The summed E-state index contributed by atoms with van der Waals surface area (Å²) in [6, 6.07) is 6.89. The zero-order valence-corrected chi connectivity index (χ0v) is 11.3. The summed E-state index contributed by atoms with van der Waals surface area (Å²) in [5.74, 6) is 1.28. The van der Waals surface area contributed by atoms with Crippen LogP contribution in [0.2, 0.25) is 0 Å². The zero-order chi connectivity index (χ0) is 11.9. The Kier molecular flexibility index (Phi) is 5.36. The fourth-order valence-electron chi connectivity index (χ4n) is 2.04. The van der Waals surface area contributed by atoms with Crippen molar-refractivity contribution in [3.8, 4) is 0 Å². The van der Waals surface area contributed by atoms with E-state index in [0.29, 0.717) is 0 Å². The number of hydrogen-bond acceptors (Lipinski definition) is 3. The molecule has 0 fully saturated rings. The van der Waals surface area contributed by atoms with Crippen LogP contribution in [0.5, 0.6) is 0 Å². The highest BCUT2D eigenvalue weighted by Crippen LogP contribution is 2.30. The predicted molar refractivity (Wildman–Crippen MR) is 73.9 cm³/mol.